The van der Waals surface area contributed by atoms with Gasteiger partial charge < -0.3 is 5.11 Å². The molecule has 0 saturated heterocycles. The molecule has 1 fully saturated rings. The monoisotopic (exact) mass is 214 g/mol. The van der Waals surface area contributed by atoms with Gasteiger partial charge in [0, 0.05) is 6.61 Å². The highest BCUT2D eigenvalue weighted by Gasteiger charge is 2.37. The quantitative estimate of drug-likeness (QED) is 0.738. The molecule has 0 unspecified atom stereocenters. The molecule has 0 heterocycles. The third kappa shape index (κ3) is 3.79. The van der Waals surface area contributed by atoms with E-state index in [-0.39, 0.29) is 5.41 Å². The molecular weight excluding hydrogens is 184 g/mol. The molecule has 1 saturated carbocycles. The highest BCUT2D eigenvalue weighted by atomic mass is 16.3. The summed E-state index contributed by atoms with van der Waals surface area (Å²) >= 11 is 0. The van der Waals surface area contributed by atoms with Crippen molar-refractivity contribution in [1.82, 2.24) is 0 Å². The van der Waals surface area contributed by atoms with Crippen molar-refractivity contribution in [2.45, 2.75) is 73.1 Å². The normalized spacial score (nSPS) is 22.8. The molecule has 0 amide bonds. The van der Waals surface area contributed by atoms with E-state index < -0.39 is 0 Å². The zero-order chi connectivity index (χ0) is 11.9. The Kier molecular flexibility index (Phi) is 6.51. The fraction of sp³-hybridized carbons (Fsp3) is 1.00. The first-order valence-electron chi connectivity index (χ1n) is 6.71. The highest BCUT2D eigenvalue weighted by Crippen LogP contribution is 2.48. The first-order valence-corrected chi connectivity index (χ1v) is 6.71. The van der Waals surface area contributed by atoms with Gasteiger partial charge in [0.25, 0.3) is 0 Å². The molecule has 0 aliphatic heterocycles. The Morgan fingerprint density at radius 2 is 1.33 bits per heavy atom. The number of hydrogen-bond acceptors (Lipinski definition) is 1. The van der Waals surface area contributed by atoms with Gasteiger partial charge in [-0.05, 0) is 36.5 Å². The maximum atomic E-state index is 9.27. The van der Waals surface area contributed by atoms with Crippen LogP contribution in [-0.2, 0) is 0 Å². The summed E-state index contributed by atoms with van der Waals surface area (Å²) < 4.78 is 0. The molecule has 92 valence electrons. The summed E-state index contributed by atoms with van der Waals surface area (Å²) in [4.78, 5) is 0. The molecule has 1 rings (SSSR count). The number of aliphatic hydroxyl groups excluding tert-OH is 1. The van der Waals surface area contributed by atoms with Crippen molar-refractivity contribution >= 4 is 0 Å². The summed E-state index contributed by atoms with van der Waals surface area (Å²) in [5.41, 5.74) is 0.836. The Labute approximate surface area is 96.3 Å². The van der Waals surface area contributed by atoms with E-state index in [1.54, 1.807) is 0 Å². The second kappa shape index (κ2) is 6.52. The average Bonchev–Trinajstić information content (AvgIpc) is 2.33. The van der Waals surface area contributed by atoms with Crippen LogP contribution in [0.3, 0.4) is 0 Å². The van der Waals surface area contributed by atoms with Gasteiger partial charge in [-0.15, -0.1) is 0 Å². The van der Waals surface area contributed by atoms with Crippen LogP contribution in [0.25, 0.3) is 0 Å². The minimum Gasteiger partial charge on any atom is -0.396 e. The van der Waals surface area contributed by atoms with Crippen LogP contribution in [0, 0.1) is 10.8 Å². The summed E-state index contributed by atoms with van der Waals surface area (Å²) in [6, 6.07) is 0. The molecule has 1 aliphatic rings. The minimum atomic E-state index is 0.230. The SMILES string of the molecule is CC.CCC1(CC)CCC(C)(CO)CC1. The van der Waals surface area contributed by atoms with E-state index in [4.69, 9.17) is 0 Å². The molecule has 0 aromatic carbocycles. The van der Waals surface area contributed by atoms with Crippen LogP contribution in [0.2, 0.25) is 0 Å². The fourth-order valence-corrected chi connectivity index (χ4v) is 2.50. The summed E-state index contributed by atoms with van der Waals surface area (Å²) in [7, 11) is 0. The first kappa shape index (κ1) is 15.0. The lowest BCUT2D eigenvalue weighted by Crippen LogP contribution is -2.34. The Balaban J connectivity index is 0.000000921. The van der Waals surface area contributed by atoms with Crippen LogP contribution in [0.5, 0.6) is 0 Å². The van der Waals surface area contributed by atoms with Crippen molar-refractivity contribution in [2.24, 2.45) is 10.8 Å². The third-order valence-electron chi connectivity index (χ3n) is 4.40. The van der Waals surface area contributed by atoms with E-state index in [0.717, 1.165) is 0 Å². The Hall–Kier alpha value is -0.0400. The lowest BCUT2D eigenvalue weighted by Gasteiger charge is -2.43. The van der Waals surface area contributed by atoms with Gasteiger partial charge in [0.15, 0.2) is 0 Å². The summed E-state index contributed by atoms with van der Waals surface area (Å²) in [6.45, 7) is 11.2. The van der Waals surface area contributed by atoms with Crippen LogP contribution in [0.1, 0.15) is 73.1 Å². The highest BCUT2D eigenvalue weighted by molar-refractivity contribution is 4.89. The Bertz CT molecular complexity index is 149. The second-order valence-electron chi connectivity index (χ2n) is 5.18. The van der Waals surface area contributed by atoms with Crippen LogP contribution in [0.15, 0.2) is 0 Å². The molecule has 0 aromatic heterocycles. The van der Waals surface area contributed by atoms with Gasteiger partial charge in [-0.2, -0.15) is 0 Å². The van der Waals surface area contributed by atoms with Gasteiger partial charge in [-0.1, -0.05) is 47.5 Å². The molecule has 0 radical (unpaired) electrons. The summed E-state index contributed by atoms with van der Waals surface area (Å²) in [5, 5.41) is 9.27. The van der Waals surface area contributed by atoms with Crippen LogP contribution >= 0.6 is 0 Å². The Morgan fingerprint density at radius 1 is 0.933 bits per heavy atom. The predicted octanol–water partition coefficient (Wildman–Crippen LogP) is 4.39. The zero-order valence-corrected chi connectivity index (χ0v) is 11.4. The first-order chi connectivity index (χ1) is 7.10. The van der Waals surface area contributed by atoms with Crippen molar-refractivity contribution in [1.29, 1.82) is 0 Å². The largest absolute Gasteiger partial charge is 0.396 e. The van der Waals surface area contributed by atoms with Crippen molar-refractivity contribution < 1.29 is 5.11 Å². The van der Waals surface area contributed by atoms with Gasteiger partial charge in [0.2, 0.25) is 0 Å². The summed E-state index contributed by atoms with van der Waals surface area (Å²) in [6.07, 6.45) is 7.68. The van der Waals surface area contributed by atoms with E-state index in [2.05, 4.69) is 20.8 Å². The molecule has 1 aliphatic carbocycles. The van der Waals surface area contributed by atoms with Crippen LogP contribution in [-0.4, -0.2) is 11.7 Å². The Morgan fingerprint density at radius 3 is 1.60 bits per heavy atom. The van der Waals surface area contributed by atoms with Crippen LogP contribution in [0.4, 0.5) is 0 Å². The topological polar surface area (TPSA) is 20.2 Å². The smallest absolute Gasteiger partial charge is 0.0484 e. The van der Waals surface area contributed by atoms with Crippen LogP contribution < -0.4 is 0 Å². The van der Waals surface area contributed by atoms with Crippen molar-refractivity contribution in [3.8, 4) is 0 Å². The molecule has 1 heteroatoms. The van der Waals surface area contributed by atoms with E-state index in [1.807, 2.05) is 13.8 Å². The zero-order valence-electron chi connectivity index (χ0n) is 11.4. The standard InChI is InChI=1S/C12H24O.C2H6/c1-4-12(5-2)8-6-11(3,10-13)7-9-12;1-2/h13H,4-10H2,1-3H3;1-2H3. The molecule has 15 heavy (non-hydrogen) atoms. The van der Waals surface area contributed by atoms with E-state index in [9.17, 15) is 5.11 Å². The molecule has 1 nitrogen and oxygen atoms in total. The minimum absolute atomic E-state index is 0.230. The van der Waals surface area contributed by atoms with Gasteiger partial charge in [-0.3, -0.25) is 0 Å². The fourth-order valence-electron chi connectivity index (χ4n) is 2.50. The van der Waals surface area contributed by atoms with Crippen molar-refractivity contribution in [3.05, 3.63) is 0 Å². The summed E-state index contributed by atoms with van der Waals surface area (Å²) in [5.74, 6) is 0. The maximum Gasteiger partial charge on any atom is 0.0484 e. The van der Waals surface area contributed by atoms with E-state index in [1.165, 1.54) is 38.5 Å². The molecule has 1 N–H and O–H groups in total. The number of rotatable bonds is 3. The third-order valence-corrected chi connectivity index (χ3v) is 4.40. The van der Waals surface area contributed by atoms with Gasteiger partial charge in [0.05, 0.1) is 0 Å². The molecule has 0 bridgehead atoms. The lowest BCUT2D eigenvalue weighted by molar-refractivity contribution is 0.0357. The molecule has 0 atom stereocenters. The second-order valence-corrected chi connectivity index (χ2v) is 5.18. The predicted molar refractivity (Wildman–Crippen MR) is 68.0 cm³/mol. The van der Waals surface area contributed by atoms with E-state index in [0.29, 0.717) is 12.0 Å². The van der Waals surface area contributed by atoms with Gasteiger partial charge in [-0.25, -0.2) is 0 Å². The molecular formula is C14H30O. The molecule has 0 aromatic rings. The molecule has 0 spiro atoms. The van der Waals surface area contributed by atoms with Gasteiger partial charge in [0.1, 0.15) is 0 Å². The van der Waals surface area contributed by atoms with Gasteiger partial charge >= 0.3 is 0 Å². The van der Waals surface area contributed by atoms with Crippen molar-refractivity contribution in [3.63, 3.8) is 0 Å². The van der Waals surface area contributed by atoms with Crippen molar-refractivity contribution in [2.75, 3.05) is 6.61 Å². The number of hydrogen-bond donors (Lipinski definition) is 1. The average molecular weight is 214 g/mol. The maximum absolute atomic E-state index is 9.27. The van der Waals surface area contributed by atoms with E-state index >= 15 is 0 Å². The number of aliphatic hydroxyl groups is 1. The lowest BCUT2D eigenvalue weighted by atomic mass is 9.62.